The summed E-state index contributed by atoms with van der Waals surface area (Å²) < 4.78 is 7.19. The van der Waals surface area contributed by atoms with Crippen molar-refractivity contribution in [2.45, 2.75) is 31.2 Å². The number of phenols is 1. The summed E-state index contributed by atoms with van der Waals surface area (Å²) in [6, 6.07) is 6.55. The zero-order valence-corrected chi connectivity index (χ0v) is 14.3. The van der Waals surface area contributed by atoms with Gasteiger partial charge in [-0.3, -0.25) is 4.79 Å². The number of aromatic hydroxyl groups is 1. The average molecular weight is 349 g/mol. The molecule has 1 saturated heterocycles. The van der Waals surface area contributed by atoms with E-state index in [1.165, 1.54) is 11.8 Å². The van der Waals surface area contributed by atoms with E-state index >= 15 is 0 Å². The van der Waals surface area contributed by atoms with Crippen LogP contribution < -0.4 is 0 Å². The quantitative estimate of drug-likeness (QED) is 0.826. The fourth-order valence-corrected chi connectivity index (χ4v) is 3.42. The number of rotatable bonds is 4. The molecule has 0 saturated carbocycles. The SMILES string of the molecule is C[C@@H]1CN(C(=O)CSc2nnnn2-c2ccc(O)cc2)C[C@H](C)O1. The Hall–Kier alpha value is -2.13. The molecular formula is C15H19N5O3S. The first-order valence-corrected chi connectivity index (χ1v) is 8.65. The number of tetrazole rings is 1. The molecule has 3 rings (SSSR count). The molecule has 1 aromatic carbocycles. The molecule has 0 spiro atoms. The van der Waals surface area contributed by atoms with Crippen molar-refractivity contribution in [2.75, 3.05) is 18.8 Å². The number of ether oxygens (including phenoxy) is 1. The molecule has 1 aromatic heterocycles. The Labute approximate surface area is 143 Å². The molecule has 2 aromatic rings. The van der Waals surface area contributed by atoms with Gasteiger partial charge in [0.05, 0.1) is 23.6 Å². The summed E-state index contributed by atoms with van der Waals surface area (Å²) in [5.74, 6) is 0.478. The van der Waals surface area contributed by atoms with Crippen molar-refractivity contribution in [3.8, 4) is 11.4 Å². The summed E-state index contributed by atoms with van der Waals surface area (Å²) in [7, 11) is 0. The van der Waals surface area contributed by atoms with Crippen LogP contribution in [0.2, 0.25) is 0 Å². The molecule has 24 heavy (non-hydrogen) atoms. The van der Waals surface area contributed by atoms with Crippen LogP contribution in [0, 0.1) is 0 Å². The van der Waals surface area contributed by atoms with Gasteiger partial charge in [0.1, 0.15) is 5.75 Å². The first-order chi connectivity index (χ1) is 11.5. The minimum Gasteiger partial charge on any atom is -0.508 e. The Bertz CT molecular complexity index is 695. The predicted molar refractivity (Wildman–Crippen MR) is 88.1 cm³/mol. The van der Waals surface area contributed by atoms with Crippen molar-refractivity contribution in [1.29, 1.82) is 0 Å². The molecule has 1 fully saturated rings. The monoisotopic (exact) mass is 349 g/mol. The summed E-state index contributed by atoms with van der Waals surface area (Å²) in [6.07, 6.45) is 0.0926. The van der Waals surface area contributed by atoms with Gasteiger partial charge in [0.2, 0.25) is 11.1 Å². The highest BCUT2D eigenvalue weighted by atomic mass is 32.2. The van der Waals surface area contributed by atoms with E-state index in [0.717, 1.165) is 5.69 Å². The van der Waals surface area contributed by atoms with E-state index in [1.807, 2.05) is 18.7 Å². The highest BCUT2D eigenvalue weighted by molar-refractivity contribution is 7.99. The van der Waals surface area contributed by atoms with Crippen molar-refractivity contribution in [3.05, 3.63) is 24.3 Å². The summed E-state index contributed by atoms with van der Waals surface area (Å²) in [5, 5.41) is 21.5. The molecule has 1 aliphatic heterocycles. The number of carbonyl (C=O) groups excluding carboxylic acids is 1. The third-order valence-electron chi connectivity index (χ3n) is 3.63. The Balaban J connectivity index is 1.64. The molecule has 0 aliphatic carbocycles. The summed E-state index contributed by atoms with van der Waals surface area (Å²) in [5.41, 5.74) is 0.723. The fourth-order valence-electron chi connectivity index (χ4n) is 2.62. The highest BCUT2D eigenvalue weighted by Crippen LogP contribution is 2.21. The second kappa shape index (κ2) is 7.18. The topological polar surface area (TPSA) is 93.4 Å². The van der Waals surface area contributed by atoms with Crippen molar-refractivity contribution in [1.82, 2.24) is 25.1 Å². The Kier molecular flexibility index (Phi) is 5.00. The number of benzene rings is 1. The minimum absolute atomic E-state index is 0.0438. The van der Waals surface area contributed by atoms with Crippen LogP contribution in [-0.4, -0.2) is 67.2 Å². The van der Waals surface area contributed by atoms with Gasteiger partial charge in [-0.25, -0.2) is 0 Å². The van der Waals surface area contributed by atoms with Crippen LogP contribution in [0.3, 0.4) is 0 Å². The Morgan fingerprint density at radius 3 is 2.62 bits per heavy atom. The van der Waals surface area contributed by atoms with Gasteiger partial charge in [-0.15, -0.1) is 5.10 Å². The molecule has 0 radical (unpaired) electrons. The van der Waals surface area contributed by atoms with E-state index in [4.69, 9.17) is 4.74 Å². The van der Waals surface area contributed by atoms with E-state index in [1.54, 1.807) is 28.9 Å². The molecule has 0 unspecified atom stereocenters. The van der Waals surface area contributed by atoms with E-state index < -0.39 is 0 Å². The van der Waals surface area contributed by atoms with Gasteiger partial charge in [-0.1, -0.05) is 11.8 Å². The molecule has 2 atom stereocenters. The van der Waals surface area contributed by atoms with Gasteiger partial charge in [0, 0.05) is 13.1 Å². The second-order valence-electron chi connectivity index (χ2n) is 5.73. The van der Waals surface area contributed by atoms with E-state index in [0.29, 0.717) is 18.2 Å². The van der Waals surface area contributed by atoms with Crippen molar-refractivity contribution >= 4 is 17.7 Å². The minimum atomic E-state index is 0.0438. The zero-order chi connectivity index (χ0) is 17.1. The molecule has 2 heterocycles. The van der Waals surface area contributed by atoms with Crippen LogP contribution >= 0.6 is 11.8 Å². The number of aromatic nitrogens is 4. The molecule has 128 valence electrons. The van der Waals surface area contributed by atoms with E-state index in [9.17, 15) is 9.90 Å². The smallest absolute Gasteiger partial charge is 0.233 e. The maximum absolute atomic E-state index is 12.4. The zero-order valence-electron chi connectivity index (χ0n) is 13.5. The van der Waals surface area contributed by atoms with E-state index in [2.05, 4.69) is 15.5 Å². The summed E-state index contributed by atoms with van der Waals surface area (Å²) >= 11 is 1.29. The Morgan fingerprint density at radius 1 is 1.29 bits per heavy atom. The van der Waals surface area contributed by atoms with Gasteiger partial charge in [0.25, 0.3) is 0 Å². The normalized spacial score (nSPS) is 21.0. The molecule has 8 nitrogen and oxygen atoms in total. The highest BCUT2D eigenvalue weighted by Gasteiger charge is 2.26. The van der Waals surface area contributed by atoms with E-state index in [-0.39, 0.29) is 29.6 Å². The average Bonchev–Trinajstić information content (AvgIpc) is 3.01. The van der Waals surface area contributed by atoms with Crippen LogP contribution in [0.5, 0.6) is 5.75 Å². The lowest BCUT2D eigenvalue weighted by Gasteiger charge is -2.35. The van der Waals surface area contributed by atoms with Crippen molar-refractivity contribution in [2.24, 2.45) is 0 Å². The van der Waals surface area contributed by atoms with Crippen LogP contribution in [0.4, 0.5) is 0 Å². The number of carbonyl (C=O) groups is 1. The van der Waals surface area contributed by atoms with Gasteiger partial charge in [-0.2, -0.15) is 4.68 Å². The van der Waals surface area contributed by atoms with Crippen molar-refractivity contribution in [3.63, 3.8) is 0 Å². The lowest BCUT2D eigenvalue weighted by atomic mass is 10.2. The fraction of sp³-hybridized carbons (Fsp3) is 0.467. The number of hydrogen-bond donors (Lipinski definition) is 1. The molecule has 1 N–H and O–H groups in total. The molecular weight excluding hydrogens is 330 g/mol. The molecule has 9 heteroatoms. The standard InChI is InChI=1S/C15H19N5O3S/c1-10-7-19(8-11(2)23-10)14(22)9-24-15-16-17-18-20(15)12-3-5-13(21)6-4-12/h3-6,10-11,21H,7-9H2,1-2H3/t10-,11+. The third-order valence-corrected chi connectivity index (χ3v) is 4.54. The Morgan fingerprint density at radius 2 is 1.96 bits per heavy atom. The number of hydrogen-bond acceptors (Lipinski definition) is 7. The largest absolute Gasteiger partial charge is 0.508 e. The number of nitrogens with zero attached hydrogens (tertiary/aromatic N) is 5. The lowest BCUT2D eigenvalue weighted by Crippen LogP contribution is -2.48. The predicted octanol–water partition coefficient (Wildman–Crippen LogP) is 1.10. The van der Waals surface area contributed by atoms with Crippen LogP contribution in [0.15, 0.2) is 29.4 Å². The first-order valence-electron chi connectivity index (χ1n) is 7.66. The lowest BCUT2D eigenvalue weighted by molar-refractivity contribution is -0.140. The van der Waals surface area contributed by atoms with Gasteiger partial charge in [0.15, 0.2) is 0 Å². The summed E-state index contributed by atoms with van der Waals surface area (Å²) in [6.45, 7) is 5.14. The van der Waals surface area contributed by atoms with Gasteiger partial charge in [-0.05, 0) is 48.5 Å². The third kappa shape index (κ3) is 3.85. The van der Waals surface area contributed by atoms with Crippen molar-refractivity contribution < 1.29 is 14.6 Å². The van der Waals surface area contributed by atoms with Crippen LogP contribution in [-0.2, 0) is 9.53 Å². The maximum atomic E-state index is 12.4. The van der Waals surface area contributed by atoms with Crippen LogP contribution in [0.25, 0.3) is 5.69 Å². The maximum Gasteiger partial charge on any atom is 0.233 e. The molecule has 1 aliphatic rings. The molecule has 1 amide bonds. The number of thioether (sulfide) groups is 1. The summed E-state index contributed by atoms with van der Waals surface area (Å²) in [4.78, 5) is 14.2. The number of phenolic OH excluding ortho intramolecular Hbond substituents is 1. The van der Waals surface area contributed by atoms with Crippen LogP contribution in [0.1, 0.15) is 13.8 Å². The van der Waals surface area contributed by atoms with Gasteiger partial charge >= 0.3 is 0 Å². The van der Waals surface area contributed by atoms with Gasteiger partial charge < -0.3 is 14.7 Å². The number of morpholine rings is 1. The molecule has 0 bridgehead atoms. The second-order valence-corrected chi connectivity index (χ2v) is 6.68. The number of amides is 1. The first kappa shape index (κ1) is 16.7.